The molecule has 3 rings (SSSR count). The zero-order valence-electron chi connectivity index (χ0n) is 18.1. The largest absolute Gasteiger partial charge is 0.339 e. The molecule has 1 amide bonds. The Morgan fingerprint density at radius 1 is 1.13 bits per heavy atom. The molecule has 2 aromatic rings. The predicted molar refractivity (Wildman–Crippen MR) is 116 cm³/mol. The van der Waals surface area contributed by atoms with Crippen molar-refractivity contribution in [1.82, 2.24) is 19.5 Å². The standard InChI is InChI=1S/C22H29FN4O3S/c1-16(2)21(22-17(3)5-4-10-24-22)25-15-20(28)26-11-13-27(14-12-26)31(29,30)19-8-6-18(23)7-9-19/h4-10,16,21,25H,11-15H2,1-3H3. The second kappa shape index (κ2) is 9.84. The highest BCUT2D eigenvalue weighted by Crippen LogP contribution is 2.22. The number of nitrogens with one attached hydrogen (secondary N) is 1. The summed E-state index contributed by atoms with van der Waals surface area (Å²) in [6, 6.07) is 8.63. The molecule has 0 aliphatic carbocycles. The van der Waals surface area contributed by atoms with Crippen LogP contribution in [0.25, 0.3) is 0 Å². The zero-order chi connectivity index (χ0) is 22.6. The fourth-order valence-electron chi connectivity index (χ4n) is 3.71. The SMILES string of the molecule is Cc1cccnc1C(NCC(=O)N1CCN(S(=O)(=O)c2ccc(F)cc2)CC1)C(C)C. The highest BCUT2D eigenvalue weighted by Gasteiger charge is 2.30. The Labute approximate surface area is 183 Å². The van der Waals surface area contributed by atoms with Crippen LogP contribution >= 0.6 is 0 Å². The van der Waals surface area contributed by atoms with Gasteiger partial charge in [0.1, 0.15) is 5.82 Å². The van der Waals surface area contributed by atoms with E-state index in [1.54, 1.807) is 11.1 Å². The number of piperazine rings is 1. The van der Waals surface area contributed by atoms with Gasteiger partial charge in [0.2, 0.25) is 15.9 Å². The maximum atomic E-state index is 13.1. The maximum absolute atomic E-state index is 13.1. The third kappa shape index (κ3) is 5.47. The van der Waals surface area contributed by atoms with E-state index in [1.807, 2.05) is 19.1 Å². The van der Waals surface area contributed by atoms with E-state index >= 15 is 0 Å². The van der Waals surface area contributed by atoms with Gasteiger partial charge < -0.3 is 4.90 Å². The summed E-state index contributed by atoms with van der Waals surface area (Å²) in [7, 11) is -3.70. The molecule has 1 saturated heterocycles. The van der Waals surface area contributed by atoms with Crippen LogP contribution in [0.15, 0.2) is 47.5 Å². The van der Waals surface area contributed by atoms with Crippen LogP contribution < -0.4 is 5.32 Å². The summed E-state index contributed by atoms with van der Waals surface area (Å²) in [6.07, 6.45) is 1.75. The Bertz CT molecular complexity index is 1000. The molecule has 168 valence electrons. The van der Waals surface area contributed by atoms with E-state index in [9.17, 15) is 17.6 Å². The van der Waals surface area contributed by atoms with E-state index in [0.29, 0.717) is 13.1 Å². The van der Waals surface area contributed by atoms with Crippen LogP contribution in [0.5, 0.6) is 0 Å². The first-order valence-electron chi connectivity index (χ1n) is 10.4. The molecule has 1 unspecified atom stereocenters. The summed E-state index contributed by atoms with van der Waals surface area (Å²) in [5, 5.41) is 3.32. The van der Waals surface area contributed by atoms with Crippen LogP contribution in [0.2, 0.25) is 0 Å². The van der Waals surface area contributed by atoms with Crippen LogP contribution in [-0.4, -0.2) is 61.2 Å². The molecule has 0 bridgehead atoms. The first-order chi connectivity index (χ1) is 14.7. The van der Waals surface area contributed by atoms with E-state index in [4.69, 9.17) is 0 Å². The number of benzene rings is 1. The van der Waals surface area contributed by atoms with Crippen molar-refractivity contribution in [2.75, 3.05) is 32.7 Å². The molecule has 31 heavy (non-hydrogen) atoms. The van der Waals surface area contributed by atoms with Crippen molar-refractivity contribution in [2.24, 2.45) is 5.92 Å². The van der Waals surface area contributed by atoms with Crippen LogP contribution in [0, 0.1) is 18.7 Å². The third-order valence-electron chi connectivity index (χ3n) is 5.53. The van der Waals surface area contributed by atoms with Crippen molar-refractivity contribution >= 4 is 15.9 Å². The second-order valence-electron chi connectivity index (χ2n) is 8.05. The first kappa shape index (κ1) is 23.3. The summed E-state index contributed by atoms with van der Waals surface area (Å²) in [4.78, 5) is 18.9. The second-order valence-corrected chi connectivity index (χ2v) is 9.98. The van der Waals surface area contributed by atoms with E-state index < -0.39 is 15.8 Å². The van der Waals surface area contributed by atoms with Crippen molar-refractivity contribution in [1.29, 1.82) is 0 Å². The molecule has 7 nitrogen and oxygen atoms in total. The topological polar surface area (TPSA) is 82.6 Å². The van der Waals surface area contributed by atoms with Crippen molar-refractivity contribution in [3.05, 3.63) is 59.7 Å². The van der Waals surface area contributed by atoms with Crippen molar-refractivity contribution in [3.8, 4) is 0 Å². The number of pyridine rings is 1. The van der Waals surface area contributed by atoms with Gasteiger partial charge in [0, 0.05) is 32.4 Å². The van der Waals surface area contributed by atoms with Crippen molar-refractivity contribution < 1.29 is 17.6 Å². The molecule has 2 heterocycles. The van der Waals surface area contributed by atoms with Gasteiger partial charge in [-0.1, -0.05) is 19.9 Å². The third-order valence-corrected chi connectivity index (χ3v) is 7.44. The van der Waals surface area contributed by atoms with E-state index in [0.717, 1.165) is 23.4 Å². The molecule has 1 aliphatic heterocycles. The molecular formula is C22H29FN4O3S. The average Bonchev–Trinajstić information content (AvgIpc) is 2.75. The molecule has 1 aromatic carbocycles. The van der Waals surface area contributed by atoms with Crippen LogP contribution in [-0.2, 0) is 14.8 Å². The Hall–Kier alpha value is -2.36. The van der Waals surface area contributed by atoms with Gasteiger partial charge in [0.25, 0.3) is 0 Å². The maximum Gasteiger partial charge on any atom is 0.243 e. The van der Waals surface area contributed by atoms with Gasteiger partial charge in [-0.25, -0.2) is 12.8 Å². The van der Waals surface area contributed by atoms with Gasteiger partial charge in [-0.05, 0) is 48.7 Å². The Morgan fingerprint density at radius 3 is 2.35 bits per heavy atom. The quantitative estimate of drug-likeness (QED) is 0.703. The number of hydrogen-bond donors (Lipinski definition) is 1. The molecule has 1 aromatic heterocycles. The van der Waals surface area contributed by atoms with Crippen LogP contribution in [0.4, 0.5) is 4.39 Å². The van der Waals surface area contributed by atoms with Gasteiger partial charge in [-0.3, -0.25) is 15.1 Å². The Balaban J connectivity index is 1.57. The number of carbonyl (C=O) groups is 1. The molecule has 0 saturated carbocycles. The number of amides is 1. The Kier molecular flexibility index (Phi) is 7.40. The lowest BCUT2D eigenvalue weighted by Crippen LogP contribution is -2.52. The van der Waals surface area contributed by atoms with Gasteiger partial charge in [0.05, 0.1) is 23.2 Å². The summed E-state index contributed by atoms with van der Waals surface area (Å²) >= 11 is 0. The molecule has 0 radical (unpaired) electrons. The van der Waals surface area contributed by atoms with Gasteiger partial charge in [-0.2, -0.15) is 4.31 Å². The lowest BCUT2D eigenvalue weighted by molar-refractivity contribution is -0.131. The van der Waals surface area contributed by atoms with Crippen LogP contribution in [0.3, 0.4) is 0 Å². The number of nitrogens with zero attached hydrogens (tertiary/aromatic N) is 3. The molecular weight excluding hydrogens is 419 g/mol. The van der Waals surface area contributed by atoms with E-state index in [-0.39, 0.29) is 42.4 Å². The fraction of sp³-hybridized carbons (Fsp3) is 0.455. The monoisotopic (exact) mass is 448 g/mol. The smallest absolute Gasteiger partial charge is 0.243 e. The lowest BCUT2D eigenvalue weighted by Gasteiger charge is -2.34. The molecule has 1 N–H and O–H groups in total. The van der Waals surface area contributed by atoms with Crippen molar-refractivity contribution in [2.45, 2.75) is 31.7 Å². The number of halogens is 1. The van der Waals surface area contributed by atoms with E-state index in [2.05, 4.69) is 24.1 Å². The van der Waals surface area contributed by atoms with Crippen molar-refractivity contribution in [3.63, 3.8) is 0 Å². The van der Waals surface area contributed by atoms with Gasteiger partial charge >= 0.3 is 0 Å². The molecule has 1 atom stereocenters. The lowest BCUT2D eigenvalue weighted by atomic mass is 9.97. The molecule has 0 spiro atoms. The molecule has 9 heteroatoms. The number of hydrogen-bond acceptors (Lipinski definition) is 5. The number of aryl methyl sites for hydroxylation is 1. The Morgan fingerprint density at radius 2 is 1.77 bits per heavy atom. The van der Waals surface area contributed by atoms with Gasteiger partial charge in [0.15, 0.2) is 0 Å². The highest BCUT2D eigenvalue weighted by atomic mass is 32.2. The average molecular weight is 449 g/mol. The minimum absolute atomic E-state index is 0.0507. The normalized spacial score (nSPS) is 16.5. The van der Waals surface area contributed by atoms with E-state index in [1.165, 1.54) is 16.4 Å². The number of carbonyl (C=O) groups excluding carboxylic acids is 1. The minimum Gasteiger partial charge on any atom is -0.339 e. The number of sulfonamides is 1. The summed E-state index contributed by atoms with van der Waals surface area (Å²) in [6.45, 7) is 7.36. The zero-order valence-corrected chi connectivity index (χ0v) is 18.9. The first-order valence-corrected chi connectivity index (χ1v) is 11.8. The molecule has 1 aliphatic rings. The van der Waals surface area contributed by atoms with Gasteiger partial charge in [-0.15, -0.1) is 0 Å². The summed E-state index contributed by atoms with van der Waals surface area (Å²) < 4.78 is 39.9. The van der Waals surface area contributed by atoms with Crippen LogP contribution in [0.1, 0.15) is 31.1 Å². The number of aromatic nitrogens is 1. The highest BCUT2D eigenvalue weighted by molar-refractivity contribution is 7.89. The summed E-state index contributed by atoms with van der Waals surface area (Å²) in [5.41, 5.74) is 2.00. The number of rotatable bonds is 7. The predicted octanol–water partition coefficient (Wildman–Crippen LogP) is 2.35. The minimum atomic E-state index is -3.70. The fourth-order valence-corrected chi connectivity index (χ4v) is 5.14. The molecule has 1 fully saturated rings. The summed E-state index contributed by atoms with van der Waals surface area (Å²) in [5.74, 6) is -0.306.